The molecule has 114 valence electrons. The second kappa shape index (κ2) is 6.09. The Morgan fingerprint density at radius 3 is 2.90 bits per heavy atom. The zero-order valence-corrected chi connectivity index (χ0v) is 11.7. The zero-order valence-electron chi connectivity index (χ0n) is 11.7. The van der Waals surface area contributed by atoms with Crippen LogP contribution in [0.3, 0.4) is 0 Å². The molecule has 0 aliphatic carbocycles. The van der Waals surface area contributed by atoms with Gasteiger partial charge < -0.3 is 10.2 Å². The minimum Gasteiger partial charge on any atom is -0.481 e. The van der Waals surface area contributed by atoms with Crippen LogP contribution in [0, 0.1) is 5.41 Å². The summed E-state index contributed by atoms with van der Waals surface area (Å²) in [5, 5.41) is 24.8. The summed E-state index contributed by atoms with van der Waals surface area (Å²) in [7, 11) is 0. The molecule has 3 N–H and O–H groups in total. The molecule has 2 heterocycles. The normalized spacial score (nSPS) is 22.9. The average molecular weight is 293 g/mol. The predicted octanol–water partition coefficient (Wildman–Crippen LogP) is 1.35. The summed E-state index contributed by atoms with van der Waals surface area (Å²) in [4.78, 5) is 24.6. The maximum atomic E-state index is 11.6. The first-order chi connectivity index (χ1) is 9.98. The maximum absolute atomic E-state index is 11.6. The lowest BCUT2D eigenvalue weighted by Gasteiger charge is -2.39. The Bertz CT molecular complexity index is 554. The second-order valence-corrected chi connectivity index (χ2v) is 5.47. The van der Waals surface area contributed by atoms with Gasteiger partial charge in [0.25, 0.3) is 0 Å². The summed E-state index contributed by atoms with van der Waals surface area (Å²) in [6.07, 6.45) is 4.91. The van der Waals surface area contributed by atoms with Crippen LogP contribution in [0.25, 0.3) is 0 Å². The van der Waals surface area contributed by atoms with Gasteiger partial charge in [0.2, 0.25) is 0 Å². The summed E-state index contributed by atoms with van der Waals surface area (Å²) in [6.45, 7) is 5.16. The van der Waals surface area contributed by atoms with Crippen molar-refractivity contribution < 1.29 is 19.8 Å². The first kappa shape index (κ1) is 15.2. The molecular formula is C14H19N3O4. The fourth-order valence-corrected chi connectivity index (χ4v) is 2.92. The molecule has 0 aromatic carbocycles. The Morgan fingerprint density at radius 2 is 2.29 bits per heavy atom. The Labute approximate surface area is 122 Å². The maximum Gasteiger partial charge on any atom is 0.354 e. The van der Waals surface area contributed by atoms with Crippen molar-refractivity contribution in [3.8, 4) is 0 Å². The van der Waals surface area contributed by atoms with E-state index in [1.165, 1.54) is 6.20 Å². The first-order valence-corrected chi connectivity index (χ1v) is 6.81. The number of aromatic amines is 1. The number of piperidine rings is 1. The molecule has 1 saturated heterocycles. The highest BCUT2D eigenvalue weighted by Gasteiger charge is 2.41. The van der Waals surface area contributed by atoms with Gasteiger partial charge in [-0.05, 0) is 25.8 Å². The van der Waals surface area contributed by atoms with Crippen molar-refractivity contribution in [1.29, 1.82) is 0 Å². The van der Waals surface area contributed by atoms with Gasteiger partial charge in [0, 0.05) is 18.7 Å². The molecule has 1 fully saturated rings. The van der Waals surface area contributed by atoms with Crippen molar-refractivity contribution in [2.45, 2.75) is 25.8 Å². The van der Waals surface area contributed by atoms with Crippen LogP contribution in [-0.2, 0) is 11.3 Å². The number of carbonyl (C=O) groups is 2. The molecule has 7 nitrogen and oxygen atoms in total. The van der Waals surface area contributed by atoms with Crippen LogP contribution in [0.2, 0.25) is 0 Å². The quantitative estimate of drug-likeness (QED) is 0.683. The first-order valence-electron chi connectivity index (χ1n) is 6.81. The highest BCUT2D eigenvalue weighted by Crippen LogP contribution is 2.35. The number of carboxylic acid groups (broad SMARTS) is 2. The van der Waals surface area contributed by atoms with Gasteiger partial charge in [-0.15, -0.1) is 6.58 Å². The lowest BCUT2D eigenvalue weighted by Crippen LogP contribution is -2.47. The van der Waals surface area contributed by atoms with Gasteiger partial charge in [0.1, 0.15) is 5.69 Å². The zero-order chi connectivity index (χ0) is 15.5. The predicted molar refractivity (Wildman–Crippen MR) is 74.9 cm³/mol. The van der Waals surface area contributed by atoms with E-state index in [9.17, 15) is 14.7 Å². The number of likely N-dealkylation sites (tertiary alicyclic amines) is 1. The lowest BCUT2D eigenvalue weighted by molar-refractivity contribution is -0.152. The summed E-state index contributed by atoms with van der Waals surface area (Å²) < 4.78 is 0. The summed E-state index contributed by atoms with van der Waals surface area (Å²) in [5.41, 5.74) is -0.194. The van der Waals surface area contributed by atoms with Crippen molar-refractivity contribution >= 4 is 11.9 Å². The number of hydrogen-bond acceptors (Lipinski definition) is 4. The third kappa shape index (κ3) is 3.13. The molecule has 2 rings (SSSR count). The van der Waals surface area contributed by atoms with Crippen molar-refractivity contribution in [2.24, 2.45) is 5.41 Å². The standard InChI is InChI=1S/C14H19N3O4/c1-2-4-14(13(20)21)5-3-6-17(9-14)8-10-7-15-16-11(10)12(18)19/h2,7H,1,3-6,8-9H2,(H,15,16)(H,18,19)(H,20,21). The molecule has 0 spiro atoms. The number of H-pyrrole nitrogens is 1. The Balaban J connectivity index is 2.14. The highest BCUT2D eigenvalue weighted by atomic mass is 16.4. The Hall–Kier alpha value is -2.15. The third-order valence-corrected chi connectivity index (χ3v) is 3.97. The smallest absolute Gasteiger partial charge is 0.354 e. The van der Waals surface area contributed by atoms with Gasteiger partial charge >= 0.3 is 11.9 Å². The molecule has 1 atom stereocenters. The molecule has 0 amide bonds. The molecule has 1 aliphatic rings. The minimum atomic E-state index is -1.06. The number of aromatic nitrogens is 2. The van der Waals surface area contributed by atoms with E-state index in [2.05, 4.69) is 16.8 Å². The molecule has 0 radical (unpaired) electrons. The number of nitrogens with zero attached hydrogens (tertiary/aromatic N) is 2. The van der Waals surface area contributed by atoms with Crippen molar-refractivity contribution in [3.05, 3.63) is 30.1 Å². The molecule has 21 heavy (non-hydrogen) atoms. The van der Waals surface area contributed by atoms with E-state index in [1.807, 2.05) is 4.90 Å². The average Bonchev–Trinajstić information content (AvgIpc) is 2.87. The topological polar surface area (TPSA) is 107 Å². The fraction of sp³-hybridized carbons (Fsp3) is 0.500. The van der Waals surface area contributed by atoms with Crippen LogP contribution in [0.15, 0.2) is 18.9 Å². The number of hydrogen-bond donors (Lipinski definition) is 3. The van der Waals surface area contributed by atoms with Crippen LogP contribution in [0.4, 0.5) is 0 Å². The molecule has 0 saturated carbocycles. The van der Waals surface area contributed by atoms with E-state index in [0.29, 0.717) is 31.5 Å². The summed E-state index contributed by atoms with van der Waals surface area (Å²) >= 11 is 0. The molecule has 1 unspecified atom stereocenters. The van der Waals surface area contributed by atoms with Crippen molar-refractivity contribution in [1.82, 2.24) is 15.1 Å². The molecular weight excluding hydrogens is 274 g/mol. The van der Waals surface area contributed by atoms with Gasteiger partial charge in [-0.25, -0.2) is 4.79 Å². The SMILES string of the molecule is C=CCC1(C(=O)O)CCCN(Cc2cn[nH]c2C(=O)O)C1. The summed E-state index contributed by atoms with van der Waals surface area (Å²) in [5.74, 6) is -1.88. The highest BCUT2D eigenvalue weighted by molar-refractivity contribution is 5.86. The van der Waals surface area contributed by atoms with E-state index >= 15 is 0 Å². The number of nitrogens with one attached hydrogen (secondary N) is 1. The largest absolute Gasteiger partial charge is 0.481 e. The number of rotatable bonds is 6. The molecule has 1 aromatic heterocycles. The number of allylic oxidation sites excluding steroid dienone is 1. The van der Waals surface area contributed by atoms with E-state index in [-0.39, 0.29) is 5.69 Å². The van der Waals surface area contributed by atoms with Crippen molar-refractivity contribution in [2.75, 3.05) is 13.1 Å². The molecule has 0 bridgehead atoms. The van der Waals surface area contributed by atoms with Crippen LogP contribution in [0.5, 0.6) is 0 Å². The number of aromatic carboxylic acids is 1. The minimum absolute atomic E-state index is 0.0604. The van der Waals surface area contributed by atoms with Crippen LogP contribution in [-0.4, -0.2) is 50.3 Å². The monoisotopic (exact) mass is 293 g/mol. The number of aliphatic carboxylic acids is 1. The Kier molecular flexibility index (Phi) is 4.42. The van der Waals surface area contributed by atoms with Crippen LogP contribution >= 0.6 is 0 Å². The summed E-state index contributed by atoms with van der Waals surface area (Å²) in [6, 6.07) is 0. The van der Waals surface area contributed by atoms with Gasteiger partial charge in [-0.1, -0.05) is 6.08 Å². The van der Waals surface area contributed by atoms with Crippen LogP contribution in [0.1, 0.15) is 35.3 Å². The van der Waals surface area contributed by atoms with Gasteiger partial charge in [0.05, 0.1) is 11.6 Å². The van der Waals surface area contributed by atoms with Crippen LogP contribution < -0.4 is 0 Å². The molecule has 1 aliphatic heterocycles. The van der Waals surface area contributed by atoms with Gasteiger partial charge in [0.15, 0.2) is 0 Å². The van der Waals surface area contributed by atoms with Gasteiger partial charge in [-0.3, -0.25) is 14.8 Å². The van der Waals surface area contributed by atoms with E-state index < -0.39 is 17.4 Å². The fourth-order valence-electron chi connectivity index (χ4n) is 2.92. The van der Waals surface area contributed by atoms with E-state index in [0.717, 1.165) is 13.0 Å². The second-order valence-electron chi connectivity index (χ2n) is 5.47. The van der Waals surface area contributed by atoms with E-state index in [1.54, 1.807) is 6.08 Å². The third-order valence-electron chi connectivity index (χ3n) is 3.97. The lowest BCUT2D eigenvalue weighted by atomic mass is 9.77. The molecule has 7 heteroatoms. The number of carboxylic acids is 2. The molecule has 1 aromatic rings. The van der Waals surface area contributed by atoms with E-state index in [4.69, 9.17) is 5.11 Å². The Morgan fingerprint density at radius 1 is 1.52 bits per heavy atom. The van der Waals surface area contributed by atoms with Crippen molar-refractivity contribution in [3.63, 3.8) is 0 Å². The van der Waals surface area contributed by atoms with Gasteiger partial charge in [-0.2, -0.15) is 5.10 Å².